The maximum Gasteiger partial charge on any atom is 0.273 e. The highest BCUT2D eigenvalue weighted by molar-refractivity contribution is 7.94. The van der Waals surface area contributed by atoms with E-state index in [0.29, 0.717) is 23.5 Å². The second kappa shape index (κ2) is 5.04. The number of nitrogens with two attached hydrogens (primary N) is 1. The van der Waals surface area contributed by atoms with Crippen molar-refractivity contribution in [3.63, 3.8) is 0 Å². The van der Waals surface area contributed by atoms with E-state index in [-0.39, 0.29) is 9.20 Å². The summed E-state index contributed by atoms with van der Waals surface area (Å²) in [6, 6.07) is 7.27. The van der Waals surface area contributed by atoms with Gasteiger partial charge in [0.25, 0.3) is 10.0 Å². The molecule has 0 fully saturated rings. The first kappa shape index (κ1) is 14.4. The van der Waals surface area contributed by atoms with Crippen LogP contribution in [-0.4, -0.2) is 20.0 Å². The lowest BCUT2D eigenvalue weighted by Gasteiger charge is -2.18. The molecule has 1 aromatic heterocycles. The first-order valence-corrected chi connectivity index (χ1v) is 8.77. The predicted molar refractivity (Wildman–Crippen MR) is 84.8 cm³/mol. The van der Waals surface area contributed by atoms with Crippen LogP contribution >= 0.6 is 23.6 Å². The van der Waals surface area contributed by atoms with Crippen LogP contribution in [0.3, 0.4) is 0 Å². The third kappa shape index (κ3) is 2.43. The van der Waals surface area contributed by atoms with E-state index in [1.807, 2.05) is 0 Å². The Balaban J connectivity index is 2.04. The fourth-order valence-electron chi connectivity index (χ4n) is 2.27. The van der Waals surface area contributed by atoms with Crippen molar-refractivity contribution in [2.24, 2.45) is 5.73 Å². The number of anilines is 1. The molecule has 1 aliphatic heterocycles. The molecule has 2 aromatic rings. The van der Waals surface area contributed by atoms with Crippen LogP contribution in [0, 0.1) is 5.82 Å². The number of benzene rings is 1. The minimum absolute atomic E-state index is 0.155. The number of fused-ring (bicyclic) bond motifs is 1. The van der Waals surface area contributed by atoms with Crippen LogP contribution in [0.4, 0.5) is 10.1 Å². The SMILES string of the molecule is NC(=S)c1ccc(S(=O)(=O)N2CCc3ccc(F)cc32)s1. The van der Waals surface area contributed by atoms with Crippen molar-refractivity contribution in [3.8, 4) is 0 Å². The number of hydrogen-bond donors (Lipinski definition) is 1. The van der Waals surface area contributed by atoms with Gasteiger partial charge in [0, 0.05) is 6.54 Å². The summed E-state index contributed by atoms with van der Waals surface area (Å²) in [6.45, 7) is 0.307. The van der Waals surface area contributed by atoms with E-state index in [4.69, 9.17) is 18.0 Å². The van der Waals surface area contributed by atoms with Crippen LogP contribution in [0.25, 0.3) is 0 Å². The summed E-state index contributed by atoms with van der Waals surface area (Å²) in [6.07, 6.45) is 0.572. The van der Waals surface area contributed by atoms with Crippen LogP contribution in [0.1, 0.15) is 10.4 Å². The van der Waals surface area contributed by atoms with E-state index < -0.39 is 15.8 Å². The van der Waals surface area contributed by atoms with Crippen molar-refractivity contribution in [2.45, 2.75) is 10.6 Å². The highest BCUT2D eigenvalue weighted by atomic mass is 32.2. The molecule has 0 unspecified atom stereocenters. The molecule has 0 bridgehead atoms. The Morgan fingerprint density at radius 3 is 2.76 bits per heavy atom. The highest BCUT2D eigenvalue weighted by Gasteiger charge is 2.32. The average molecular weight is 342 g/mol. The van der Waals surface area contributed by atoms with Gasteiger partial charge < -0.3 is 5.73 Å². The fourth-order valence-corrected chi connectivity index (χ4v) is 5.23. The molecule has 0 aliphatic carbocycles. The van der Waals surface area contributed by atoms with Crippen LogP contribution in [0.2, 0.25) is 0 Å². The van der Waals surface area contributed by atoms with E-state index in [1.165, 1.54) is 22.5 Å². The van der Waals surface area contributed by atoms with E-state index >= 15 is 0 Å². The molecule has 0 atom stereocenters. The lowest BCUT2D eigenvalue weighted by atomic mass is 10.2. The lowest BCUT2D eigenvalue weighted by Crippen LogP contribution is -2.28. The Hall–Kier alpha value is -1.51. The molecule has 3 rings (SSSR count). The van der Waals surface area contributed by atoms with Gasteiger partial charge >= 0.3 is 0 Å². The molecule has 0 radical (unpaired) electrons. The lowest BCUT2D eigenvalue weighted by molar-refractivity contribution is 0.594. The van der Waals surface area contributed by atoms with Crippen molar-refractivity contribution in [1.82, 2.24) is 0 Å². The monoisotopic (exact) mass is 342 g/mol. The summed E-state index contributed by atoms with van der Waals surface area (Å²) < 4.78 is 40.1. The Morgan fingerprint density at radius 2 is 2.10 bits per heavy atom. The zero-order chi connectivity index (χ0) is 15.2. The van der Waals surface area contributed by atoms with E-state index in [2.05, 4.69) is 0 Å². The molecule has 0 spiro atoms. The number of thiocarbonyl (C=S) groups is 1. The maximum atomic E-state index is 13.4. The highest BCUT2D eigenvalue weighted by Crippen LogP contribution is 2.35. The van der Waals surface area contributed by atoms with E-state index in [9.17, 15) is 12.8 Å². The number of hydrogen-bond acceptors (Lipinski definition) is 4. The van der Waals surface area contributed by atoms with Crippen molar-refractivity contribution in [1.29, 1.82) is 0 Å². The molecule has 1 aliphatic rings. The molecule has 4 nitrogen and oxygen atoms in total. The molecule has 2 N–H and O–H groups in total. The van der Waals surface area contributed by atoms with Gasteiger partial charge in [-0.15, -0.1) is 11.3 Å². The Kier molecular flexibility index (Phi) is 3.46. The summed E-state index contributed by atoms with van der Waals surface area (Å²) >= 11 is 5.87. The molecular weight excluding hydrogens is 331 g/mol. The quantitative estimate of drug-likeness (QED) is 0.869. The predicted octanol–water partition coefficient (Wildman–Crippen LogP) is 2.27. The third-order valence-electron chi connectivity index (χ3n) is 3.27. The molecule has 21 heavy (non-hydrogen) atoms. The number of halogens is 1. The van der Waals surface area contributed by atoms with Gasteiger partial charge in [-0.3, -0.25) is 4.31 Å². The normalized spacial score (nSPS) is 14.2. The largest absolute Gasteiger partial charge is 0.389 e. The second-order valence-electron chi connectivity index (χ2n) is 4.58. The Morgan fingerprint density at radius 1 is 1.33 bits per heavy atom. The van der Waals surface area contributed by atoms with Crippen molar-refractivity contribution >= 4 is 44.3 Å². The molecule has 0 saturated heterocycles. The number of nitrogens with zero attached hydrogens (tertiary/aromatic N) is 1. The van der Waals surface area contributed by atoms with Crippen LogP contribution in [0.15, 0.2) is 34.5 Å². The molecule has 110 valence electrons. The van der Waals surface area contributed by atoms with Gasteiger partial charge in [0.05, 0.1) is 10.6 Å². The first-order valence-electron chi connectivity index (χ1n) is 6.10. The standard InChI is InChI=1S/C13H11FN2O2S3/c14-9-2-1-8-5-6-16(10(8)7-9)21(17,18)12-4-3-11(20-12)13(15)19/h1-4,7H,5-6H2,(H2,15,19). The van der Waals surface area contributed by atoms with Crippen molar-refractivity contribution in [3.05, 3.63) is 46.6 Å². The zero-order valence-corrected chi connectivity index (χ0v) is 13.2. The van der Waals surface area contributed by atoms with Crippen LogP contribution in [-0.2, 0) is 16.4 Å². The second-order valence-corrected chi connectivity index (χ2v) is 8.20. The van der Waals surface area contributed by atoms with E-state index in [0.717, 1.165) is 16.9 Å². The first-order chi connectivity index (χ1) is 9.89. The summed E-state index contributed by atoms with van der Waals surface area (Å²) in [5.74, 6) is -0.453. The molecular formula is C13H11FN2O2S3. The summed E-state index contributed by atoms with van der Waals surface area (Å²) in [7, 11) is -3.71. The third-order valence-corrected chi connectivity index (χ3v) is 7.02. The van der Waals surface area contributed by atoms with Gasteiger partial charge in [-0.25, -0.2) is 12.8 Å². The number of thiophene rings is 1. The van der Waals surface area contributed by atoms with Gasteiger partial charge in [-0.1, -0.05) is 18.3 Å². The summed E-state index contributed by atoms with van der Waals surface area (Å²) in [4.78, 5) is 0.705. The zero-order valence-electron chi connectivity index (χ0n) is 10.7. The number of rotatable bonds is 3. The molecule has 1 aromatic carbocycles. The van der Waals surface area contributed by atoms with Gasteiger partial charge in [-0.05, 0) is 36.2 Å². The number of sulfonamides is 1. The van der Waals surface area contributed by atoms with Crippen molar-refractivity contribution in [2.75, 3.05) is 10.8 Å². The Bertz CT molecular complexity index is 830. The average Bonchev–Trinajstić information content (AvgIpc) is 3.05. The minimum atomic E-state index is -3.71. The topological polar surface area (TPSA) is 63.4 Å². The molecule has 0 saturated carbocycles. The van der Waals surface area contributed by atoms with Crippen LogP contribution in [0.5, 0.6) is 0 Å². The van der Waals surface area contributed by atoms with Gasteiger partial charge in [-0.2, -0.15) is 0 Å². The summed E-state index contributed by atoms with van der Waals surface area (Å²) in [5.41, 5.74) is 6.73. The molecule has 8 heteroatoms. The minimum Gasteiger partial charge on any atom is -0.389 e. The summed E-state index contributed by atoms with van der Waals surface area (Å²) in [5, 5.41) is 0. The molecule has 0 amide bonds. The maximum absolute atomic E-state index is 13.4. The van der Waals surface area contributed by atoms with Crippen molar-refractivity contribution < 1.29 is 12.8 Å². The van der Waals surface area contributed by atoms with Crippen LogP contribution < -0.4 is 10.0 Å². The Labute approximate surface area is 131 Å². The smallest absolute Gasteiger partial charge is 0.273 e. The fraction of sp³-hybridized carbons (Fsp3) is 0.154. The van der Waals surface area contributed by atoms with E-state index in [1.54, 1.807) is 12.1 Å². The molecule has 2 heterocycles. The van der Waals surface area contributed by atoms with Gasteiger partial charge in [0.1, 0.15) is 15.0 Å². The van der Waals surface area contributed by atoms with Gasteiger partial charge in [0.2, 0.25) is 0 Å². The van der Waals surface area contributed by atoms with Gasteiger partial charge in [0.15, 0.2) is 0 Å².